The minimum Gasteiger partial charge on any atom is -0.481 e. The normalized spacial score (nSPS) is 45.3. The van der Waals surface area contributed by atoms with Crippen LogP contribution in [0.25, 0.3) is 9.69 Å². The third kappa shape index (κ3) is 5.03. The first-order valence-corrected chi connectivity index (χ1v) is 22.4. The van der Waals surface area contributed by atoms with E-state index in [4.69, 9.17) is 22.8 Å². The van der Waals surface area contributed by atoms with E-state index in [0.29, 0.717) is 12.8 Å². The van der Waals surface area contributed by atoms with Gasteiger partial charge in [-0.1, -0.05) is 68.6 Å². The number of nitrogens with zero attached hydrogens (tertiary/aromatic N) is 3. The van der Waals surface area contributed by atoms with Gasteiger partial charge in [-0.2, -0.15) is 0 Å². The number of fused-ring (bicyclic) bond motifs is 7. The van der Waals surface area contributed by atoms with Gasteiger partial charge >= 0.3 is 11.5 Å². The number of amides is 1. The Labute approximate surface area is 328 Å². The zero-order chi connectivity index (χ0) is 40.3. The van der Waals surface area contributed by atoms with Gasteiger partial charge in [0.05, 0.1) is 40.4 Å². The maximum Gasteiger partial charge on any atom is 0.312 e. The van der Waals surface area contributed by atoms with Crippen LogP contribution in [0, 0.1) is 58.0 Å². The first kappa shape index (κ1) is 40.2. The molecule has 1 aliphatic heterocycles. The Kier molecular flexibility index (Phi) is 9.31. The maximum atomic E-state index is 14.1. The molecule has 10 atom stereocenters. The molecule has 0 aromatic rings. The highest BCUT2D eigenvalue weighted by atomic mass is 32.2. The van der Waals surface area contributed by atoms with Crippen LogP contribution in [0.15, 0.2) is 35.5 Å². The maximum absolute atomic E-state index is 14.1. The molecule has 1 heterocycles. The number of hydrogen-bond acceptors (Lipinski definition) is 5. The highest BCUT2D eigenvalue weighted by Crippen LogP contribution is 2.80. The molecule has 0 aromatic carbocycles. The average Bonchev–Trinajstić information content (AvgIpc) is 3.68. The monoisotopic (exact) mass is 778 g/mol. The molecule has 1 amide bonds. The van der Waals surface area contributed by atoms with Gasteiger partial charge in [-0.3, -0.25) is 14.9 Å². The molecule has 300 valence electrons. The van der Waals surface area contributed by atoms with Crippen LogP contribution in [-0.2, 0) is 19.4 Å². The van der Waals surface area contributed by atoms with E-state index in [0.717, 1.165) is 68.9 Å². The van der Waals surface area contributed by atoms with E-state index in [1.54, 1.807) is 0 Å². The quantitative estimate of drug-likeness (QED) is 0.253. The number of rotatable bonds is 7. The van der Waals surface area contributed by atoms with Crippen molar-refractivity contribution in [2.75, 3.05) is 31.4 Å². The van der Waals surface area contributed by atoms with Gasteiger partial charge in [-0.25, -0.2) is 12.8 Å². The van der Waals surface area contributed by atoms with Gasteiger partial charge < -0.3 is 10.0 Å². The van der Waals surface area contributed by atoms with Crippen molar-refractivity contribution in [2.24, 2.45) is 44.8 Å². The smallest absolute Gasteiger partial charge is 0.312 e. The van der Waals surface area contributed by atoms with E-state index in [-0.39, 0.29) is 76.5 Å². The van der Waals surface area contributed by atoms with E-state index in [2.05, 4.69) is 59.5 Å². The SMILES string of the molecule is C#[N+][C@@]12[C@H]3CC[C@@]4([N+]#C)[C@@](C)(CC[C@H]5C(C)(C)C(C6=CC[C@](CF)(C(=O)O)CC6)=CC[C@@]54C)[C@]3(C)CC[C@@]1(NCC(=O)N1CCS(=O)(=O)C1)CC[C@H]2C(=C)C. The second-order valence-corrected chi connectivity index (χ2v) is 22.3. The molecule has 0 spiro atoms. The second kappa shape index (κ2) is 12.7. The van der Waals surface area contributed by atoms with E-state index in [9.17, 15) is 27.5 Å². The topological polar surface area (TPSA) is 112 Å². The number of hydrogen-bond donors (Lipinski definition) is 2. The number of sulfone groups is 1. The Morgan fingerprint density at radius 3 is 2.24 bits per heavy atom. The fourth-order valence-electron chi connectivity index (χ4n) is 15.0. The molecule has 6 aliphatic carbocycles. The Hall–Kier alpha value is -3.02. The first-order valence-electron chi connectivity index (χ1n) is 20.6. The largest absolute Gasteiger partial charge is 0.481 e. The number of carboxylic acid groups (broad SMARTS) is 1. The average molecular weight is 779 g/mol. The van der Waals surface area contributed by atoms with Gasteiger partial charge in [0.25, 0.3) is 18.7 Å². The molecule has 0 radical (unpaired) electrons. The van der Waals surface area contributed by atoms with Crippen LogP contribution in [0.4, 0.5) is 4.39 Å². The first-order chi connectivity index (χ1) is 25.7. The summed E-state index contributed by atoms with van der Waals surface area (Å²) < 4.78 is 38.5. The van der Waals surface area contributed by atoms with Gasteiger partial charge in [0, 0.05) is 13.0 Å². The summed E-state index contributed by atoms with van der Waals surface area (Å²) in [5.74, 6) is -1.20. The fourth-order valence-corrected chi connectivity index (χ4v) is 16.4. The minimum atomic E-state index is -3.26. The standard InChI is InChI=1S/C44H62FN4O5S/c1-29(2)31-13-20-42(48-26-35(50)49-24-25-55(53,54)28-49)23-22-38(5)34(44(31,42)47-9)15-21-43(46-8)39(6)16-12-32(37(3,4)33(39)14-17-40(38,43)7)30-10-18-41(27-45,19-11-30)36(51)52/h8-10,12,31,33-34,48H,1,11,13-28H2,2-7H3/q+1/p+1/t31-,33-,34-,38+,39-,40-,41-,42-,43-,44-/m0/s1. The number of aliphatic carboxylic acids is 1. The zero-order valence-corrected chi connectivity index (χ0v) is 34.8. The van der Waals surface area contributed by atoms with Crippen LogP contribution < -0.4 is 5.32 Å². The lowest BCUT2D eigenvalue weighted by Crippen LogP contribution is -2.78. The molecule has 4 saturated carbocycles. The molecule has 0 unspecified atom stereocenters. The Balaban J connectivity index is 1.25. The number of halogens is 1. The van der Waals surface area contributed by atoms with Crippen molar-refractivity contribution in [1.29, 1.82) is 0 Å². The highest BCUT2D eigenvalue weighted by Gasteiger charge is 2.87. The van der Waals surface area contributed by atoms with Gasteiger partial charge in [0.15, 0.2) is 9.84 Å². The van der Waals surface area contributed by atoms with Crippen molar-refractivity contribution >= 4 is 21.7 Å². The summed E-state index contributed by atoms with van der Waals surface area (Å²) in [4.78, 5) is 37.1. The van der Waals surface area contributed by atoms with E-state index in [1.165, 1.54) is 10.5 Å². The third-order valence-electron chi connectivity index (χ3n) is 18.1. The van der Waals surface area contributed by atoms with Crippen LogP contribution in [-0.4, -0.2) is 78.3 Å². The molecule has 7 aliphatic rings. The molecule has 7 rings (SSSR count). The predicted octanol–water partition coefficient (Wildman–Crippen LogP) is 8.06. The van der Waals surface area contributed by atoms with Gasteiger partial charge in [-0.05, 0) is 105 Å². The molecule has 9 nitrogen and oxygen atoms in total. The van der Waals surface area contributed by atoms with E-state index in [1.807, 2.05) is 6.08 Å². The summed E-state index contributed by atoms with van der Waals surface area (Å²) >= 11 is 0. The predicted molar refractivity (Wildman–Crippen MR) is 214 cm³/mol. The molecule has 5 fully saturated rings. The summed E-state index contributed by atoms with van der Waals surface area (Å²) in [6.07, 6.45) is 13.0. The second-order valence-electron chi connectivity index (χ2n) is 20.1. The Bertz CT molecular complexity index is 1960. The Morgan fingerprint density at radius 1 is 0.964 bits per heavy atom. The number of carbonyl (C=O) groups excluding carboxylic acids is 1. The van der Waals surface area contributed by atoms with Crippen molar-refractivity contribution in [1.82, 2.24) is 10.2 Å². The van der Waals surface area contributed by atoms with Crippen molar-refractivity contribution in [3.05, 3.63) is 45.1 Å². The minimum absolute atomic E-state index is 0.00352. The van der Waals surface area contributed by atoms with Gasteiger partial charge in [0.1, 0.15) is 18.1 Å². The lowest BCUT2D eigenvalue weighted by molar-refractivity contribution is -0.219. The highest BCUT2D eigenvalue weighted by molar-refractivity contribution is 7.91. The Morgan fingerprint density at radius 2 is 1.67 bits per heavy atom. The van der Waals surface area contributed by atoms with Crippen LogP contribution in [0.1, 0.15) is 119 Å². The van der Waals surface area contributed by atoms with E-state index < -0.39 is 44.5 Å². The molecule has 0 aromatic heterocycles. The zero-order valence-electron chi connectivity index (χ0n) is 34.0. The lowest BCUT2D eigenvalue weighted by Gasteiger charge is -2.70. The number of carboxylic acids is 1. The number of allylic oxidation sites excluding steroid dienone is 4. The van der Waals surface area contributed by atoms with Crippen LogP contribution in [0.3, 0.4) is 0 Å². The lowest BCUT2D eigenvalue weighted by atomic mass is 9.29. The molecular formula is C44H63FN4O5S+2. The van der Waals surface area contributed by atoms with Gasteiger partial charge in [-0.15, -0.1) is 0 Å². The molecular weight excluding hydrogens is 716 g/mol. The summed E-state index contributed by atoms with van der Waals surface area (Å²) in [7, 11) is -3.26. The summed E-state index contributed by atoms with van der Waals surface area (Å²) in [6, 6.07) is 0. The summed E-state index contributed by atoms with van der Waals surface area (Å²) in [5, 5.41) is 13.6. The molecule has 2 N–H and O–H groups in total. The van der Waals surface area contributed by atoms with Gasteiger partial charge in [0.2, 0.25) is 5.91 Å². The molecule has 1 saturated heterocycles. The number of nitrogens with one attached hydrogen (secondary N) is 1. The number of alkyl halides is 1. The van der Waals surface area contributed by atoms with Crippen LogP contribution in [0.2, 0.25) is 0 Å². The van der Waals surface area contributed by atoms with Crippen molar-refractivity contribution in [2.45, 2.75) is 135 Å². The summed E-state index contributed by atoms with van der Waals surface area (Å²) in [5.41, 5.74) is -0.844. The third-order valence-corrected chi connectivity index (χ3v) is 19.6. The van der Waals surface area contributed by atoms with Crippen molar-refractivity contribution < 1.29 is 27.5 Å². The molecule has 0 bridgehead atoms. The number of carbonyl (C=O) groups is 2. The van der Waals surface area contributed by atoms with Crippen LogP contribution >= 0.6 is 0 Å². The van der Waals surface area contributed by atoms with Crippen LogP contribution in [0.5, 0.6) is 0 Å². The summed E-state index contributed by atoms with van der Waals surface area (Å²) in [6.45, 7) is 31.4. The van der Waals surface area contributed by atoms with Crippen molar-refractivity contribution in [3.8, 4) is 13.1 Å². The van der Waals surface area contributed by atoms with Crippen molar-refractivity contribution in [3.63, 3.8) is 0 Å². The molecule has 11 heteroatoms. The van der Waals surface area contributed by atoms with E-state index >= 15 is 0 Å². The molecule has 55 heavy (non-hydrogen) atoms. The fraction of sp³-hybridized carbons (Fsp3) is 0.773.